The molecule has 0 unspecified atom stereocenters. The van der Waals surface area contributed by atoms with Crippen LogP contribution in [-0.4, -0.2) is 41.8 Å². The topological polar surface area (TPSA) is 95.9 Å². The second kappa shape index (κ2) is 9.90. The largest absolute Gasteiger partial charge is 0.507 e. The average molecular weight is 269 g/mol. The summed E-state index contributed by atoms with van der Waals surface area (Å²) in [6.07, 6.45) is 0. The van der Waals surface area contributed by atoms with Crippen molar-refractivity contribution in [2.75, 3.05) is 19.7 Å². The van der Waals surface area contributed by atoms with E-state index in [0.717, 1.165) is 13.5 Å². The molecular weight excluding hydrogens is 250 g/mol. The van der Waals surface area contributed by atoms with E-state index in [0.29, 0.717) is 13.2 Å². The number of hydrogen-bond donors (Lipinski definition) is 3. The third-order valence-corrected chi connectivity index (χ3v) is 1.89. The Bertz CT molecular complexity index is 402. The number of nitrogens with one attached hydrogen (secondary N) is 1. The monoisotopic (exact) mass is 269 g/mol. The minimum absolute atomic E-state index is 0.0500. The molecule has 1 rings (SSSR count). The van der Waals surface area contributed by atoms with Gasteiger partial charge in [-0.15, -0.1) is 0 Å². The molecule has 0 spiro atoms. The number of carboxylic acid groups (broad SMARTS) is 1. The molecule has 0 amide bonds. The minimum Gasteiger partial charge on any atom is -0.507 e. The fourth-order valence-electron chi connectivity index (χ4n) is 1.12. The number of phenolic OH excluding ortho intramolecular Hbond substituents is 1. The molecule has 0 fully saturated rings. The number of benzene rings is 1. The zero-order chi connectivity index (χ0) is 14.7. The van der Waals surface area contributed by atoms with Gasteiger partial charge in [-0.05, 0) is 18.7 Å². The summed E-state index contributed by atoms with van der Waals surface area (Å²) in [5.74, 6) is -1.38. The number of likely N-dealkylation sites (N-methyl/N-ethyl adjacent to an activating group) is 1. The third kappa shape index (κ3) is 8.62. The molecule has 0 bridgehead atoms. The number of esters is 1. The zero-order valence-corrected chi connectivity index (χ0v) is 11.0. The summed E-state index contributed by atoms with van der Waals surface area (Å²) in [5, 5.41) is 19.8. The van der Waals surface area contributed by atoms with Crippen molar-refractivity contribution in [1.29, 1.82) is 0 Å². The normalized spacial score (nSPS) is 9.16. The first-order chi connectivity index (χ1) is 8.99. The van der Waals surface area contributed by atoms with Crippen LogP contribution in [0, 0.1) is 0 Å². The Hall–Kier alpha value is -2.08. The van der Waals surface area contributed by atoms with Crippen LogP contribution in [-0.2, 0) is 9.53 Å². The number of rotatable bonds is 5. The van der Waals surface area contributed by atoms with Crippen molar-refractivity contribution in [3.8, 4) is 5.75 Å². The van der Waals surface area contributed by atoms with Gasteiger partial charge in [0.15, 0.2) is 0 Å². The van der Waals surface area contributed by atoms with E-state index in [1.54, 1.807) is 12.1 Å². The highest BCUT2D eigenvalue weighted by atomic mass is 16.5. The van der Waals surface area contributed by atoms with Crippen LogP contribution < -0.4 is 5.32 Å². The molecule has 0 aliphatic heterocycles. The van der Waals surface area contributed by atoms with E-state index >= 15 is 0 Å². The van der Waals surface area contributed by atoms with Gasteiger partial charge >= 0.3 is 5.97 Å². The summed E-state index contributed by atoms with van der Waals surface area (Å²) in [6, 6.07) is 6.33. The standard InChI is InChI=1S/C11H15NO3.C2H4O2/c1-2-12-7-8-15-11(14)9-5-3-4-6-10(9)13;1-2(3)4/h3-6,12-13H,2,7-8H2,1H3;1H3,(H,3,4). The van der Waals surface area contributed by atoms with Gasteiger partial charge in [0.05, 0.1) is 0 Å². The molecule has 0 aliphatic carbocycles. The number of aliphatic carboxylic acids is 1. The van der Waals surface area contributed by atoms with E-state index in [9.17, 15) is 9.90 Å². The highest BCUT2D eigenvalue weighted by Crippen LogP contribution is 2.16. The first kappa shape index (κ1) is 16.9. The number of hydrogen-bond acceptors (Lipinski definition) is 5. The van der Waals surface area contributed by atoms with E-state index in [1.165, 1.54) is 12.1 Å². The quantitative estimate of drug-likeness (QED) is 0.550. The van der Waals surface area contributed by atoms with E-state index in [-0.39, 0.29) is 11.3 Å². The molecule has 6 heteroatoms. The molecule has 0 aromatic heterocycles. The highest BCUT2D eigenvalue weighted by Gasteiger charge is 2.10. The maximum atomic E-state index is 11.4. The first-order valence-electron chi connectivity index (χ1n) is 5.84. The minimum atomic E-state index is -0.833. The van der Waals surface area contributed by atoms with Crippen LogP contribution in [0.5, 0.6) is 5.75 Å². The maximum absolute atomic E-state index is 11.4. The Morgan fingerprint density at radius 2 is 1.89 bits per heavy atom. The number of carboxylic acids is 1. The lowest BCUT2D eigenvalue weighted by Gasteiger charge is -2.06. The number of carbonyl (C=O) groups is 2. The molecule has 106 valence electrons. The van der Waals surface area contributed by atoms with E-state index in [2.05, 4.69) is 5.32 Å². The van der Waals surface area contributed by atoms with Gasteiger partial charge in [-0.3, -0.25) is 4.79 Å². The van der Waals surface area contributed by atoms with Crippen molar-refractivity contribution in [2.24, 2.45) is 0 Å². The van der Waals surface area contributed by atoms with Crippen molar-refractivity contribution in [3.63, 3.8) is 0 Å². The van der Waals surface area contributed by atoms with Gasteiger partial charge < -0.3 is 20.3 Å². The van der Waals surface area contributed by atoms with Crippen LogP contribution in [0.15, 0.2) is 24.3 Å². The number of ether oxygens (including phenoxy) is 1. The Morgan fingerprint density at radius 3 is 2.42 bits per heavy atom. The maximum Gasteiger partial charge on any atom is 0.341 e. The third-order valence-electron chi connectivity index (χ3n) is 1.89. The van der Waals surface area contributed by atoms with Crippen molar-refractivity contribution >= 4 is 11.9 Å². The molecule has 19 heavy (non-hydrogen) atoms. The Balaban J connectivity index is 0.000000711. The molecule has 6 nitrogen and oxygen atoms in total. The van der Waals surface area contributed by atoms with Crippen LogP contribution in [0.25, 0.3) is 0 Å². The summed E-state index contributed by atoms with van der Waals surface area (Å²) in [5.41, 5.74) is 0.203. The number of para-hydroxylation sites is 1. The summed E-state index contributed by atoms with van der Waals surface area (Å²) < 4.78 is 4.95. The fourth-order valence-corrected chi connectivity index (χ4v) is 1.12. The van der Waals surface area contributed by atoms with Crippen molar-refractivity contribution < 1.29 is 24.5 Å². The molecule has 3 N–H and O–H groups in total. The summed E-state index contributed by atoms with van der Waals surface area (Å²) >= 11 is 0. The van der Waals surface area contributed by atoms with Gasteiger partial charge in [-0.1, -0.05) is 19.1 Å². The van der Waals surface area contributed by atoms with Gasteiger partial charge in [-0.2, -0.15) is 0 Å². The number of aromatic hydroxyl groups is 1. The van der Waals surface area contributed by atoms with Crippen LogP contribution in [0.1, 0.15) is 24.2 Å². The van der Waals surface area contributed by atoms with Crippen molar-refractivity contribution in [1.82, 2.24) is 5.32 Å². The summed E-state index contributed by atoms with van der Waals surface area (Å²) in [4.78, 5) is 20.4. The van der Waals surface area contributed by atoms with E-state index < -0.39 is 11.9 Å². The van der Waals surface area contributed by atoms with Gasteiger partial charge in [0.1, 0.15) is 17.9 Å². The van der Waals surface area contributed by atoms with Crippen LogP contribution >= 0.6 is 0 Å². The molecule has 0 atom stereocenters. The molecule has 1 aromatic rings. The molecule has 0 heterocycles. The SMILES string of the molecule is CC(=O)O.CCNCCOC(=O)c1ccccc1O. The zero-order valence-electron chi connectivity index (χ0n) is 11.0. The number of carbonyl (C=O) groups excluding carboxylic acids is 1. The van der Waals surface area contributed by atoms with Gasteiger partial charge in [0.25, 0.3) is 5.97 Å². The van der Waals surface area contributed by atoms with Crippen LogP contribution in [0.3, 0.4) is 0 Å². The lowest BCUT2D eigenvalue weighted by atomic mass is 10.2. The van der Waals surface area contributed by atoms with Crippen molar-refractivity contribution in [2.45, 2.75) is 13.8 Å². The average Bonchev–Trinajstić information content (AvgIpc) is 2.34. The van der Waals surface area contributed by atoms with Gasteiger partial charge in [-0.25, -0.2) is 4.79 Å². The Morgan fingerprint density at radius 1 is 1.32 bits per heavy atom. The molecule has 0 saturated heterocycles. The smallest absolute Gasteiger partial charge is 0.341 e. The summed E-state index contributed by atoms with van der Waals surface area (Å²) in [6.45, 7) is 4.83. The number of phenols is 1. The van der Waals surface area contributed by atoms with Crippen LogP contribution in [0.2, 0.25) is 0 Å². The van der Waals surface area contributed by atoms with Crippen molar-refractivity contribution in [3.05, 3.63) is 29.8 Å². The molecular formula is C13H19NO5. The molecule has 0 radical (unpaired) electrons. The lowest BCUT2D eigenvalue weighted by molar-refractivity contribution is -0.134. The van der Waals surface area contributed by atoms with E-state index in [1.807, 2.05) is 6.92 Å². The Kier molecular flexibility index (Phi) is 8.82. The van der Waals surface area contributed by atoms with Gasteiger partial charge in [0, 0.05) is 13.5 Å². The van der Waals surface area contributed by atoms with Gasteiger partial charge in [0.2, 0.25) is 0 Å². The first-order valence-corrected chi connectivity index (χ1v) is 5.84. The molecule has 0 saturated carbocycles. The van der Waals surface area contributed by atoms with E-state index in [4.69, 9.17) is 14.6 Å². The fraction of sp³-hybridized carbons (Fsp3) is 0.385. The molecule has 0 aliphatic rings. The van der Waals surface area contributed by atoms with Crippen LogP contribution in [0.4, 0.5) is 0 Å². The summed E-state index contributed by atoms with van der Waals surface area (Å²) in [7, 11) is 0. The second-order valence-corrected chi connectivity index (χ2v) is 3.53. The Labute approximate surface area is 112 Å². The second-order valence-electron chi connectivity index (χ2n) is 3.53. The lowest BCUT2D eigenvalue weighted by Crippen LogP contribution is -2.20. The predicted octanol–water partition coefficient (Wildman–Crippen LogP) is 1.25. The molecule has 1 aromatic carbocycles. The highest BCUT2D eigenvalue weighted by molar-refractivity contribution is 5.92. The predicted molar refractivity (Wildman–Crippen MR) is 70.2 cm³/mol.